The largest absolute Gasteiger partial charge is 0.394 e. The molecule has 0 heterocycles. The van der Waals surface area contributed by atoms with E-state index in [1.165, 1.54) is 238 Å². The Morgan fingerprint density at radius 1 is 0.397 bits per heavy atom. The number of allylic oxidation sites excluding steroid dienone is 2. The van der Waals surface area contributed by atoms with Crippen LogP contribution in [0.3, 0.4) is 0 Å². The molecule has 0 aromatic rings. The lowest BCUT2D eigenvalue weighted by atomic mass is 10.0. The molecule has 0 aromatic heterocycles. The second kappa shape index (κ2) is 48.8. The lowest BCUT2D eigenvalue weighted by molar-refractivity contribution is -0.131. The number of rotatable bonds is 49. The number of unbranched alkanes of at least 4 members (excludes halogenated alkanes) is 39. The van der Waals surface area contributed by atoms with Crippen LogP contribution in [0.25, 0.3) is 0 Å². The van der Waals surface area contributed by atoms with E-state index in [0.717, 1.165) is 32.1 Å². The van der Waals surface area contributed by atoms with E-state index in [-0.39, 0.29) is 6.61 Å². The number of aliphatic hydroxyl groups is 3. The number of aliphatic hydroxyl groups excluding tert-OH is 3. The molecule has 3 unspecified atom stereocenters. The average Bonchev–Trinajstić information content (AvgIpc) is 3.23. The van der Waals surface area contributed by atoms with Gasteiger partial charge in [0.1, 0.15) is 6.10 Å². The first-order valence-corrected chi connectivity index (χ1v) is 26.5. The van der Waals surface area contributed by atoms with Crippen LogP contribution in [-0.4, -0.2) is 46.1 Å². The van der Waals surface area contributed by atoms with Gasteiger partial charge < -0.3 is 20.6 Å². The Kier molecular flexibility index (Phi) is 48.0. The molecule has 5 heteroatoms. The van der Waals surface area contributed by atoms with Gasteiger partial charge in [-0.15, -0.1) is 0 Å². The molecule has 0 rings (SSSR count). The van der Waals surface area contributed by atoms with Crippen molar-refractivity contribution >= 4 is 5.91 Å². The fourth-order valence-electron chi connectivity index (χ4n) is 8.48. The minimum atomic E-state index is -1.07. The van der Waals surface area contributed by atoms with Crippen LogP contribution in [0.5, 0.6) is 0 Å². The average molecular weight is 820 g/mol. The number of hydrogen-bond acceptors (Lipinski definition) is 4. The molecule has 3 atom stereocenters. The molecule has 58 heavy (non-hydrogen) atoms. The first-order chi connectivity index (χ1) is 28.6. The van der Waals surface area contributed by atoms with Crippen LogP contribution >= 0.6 is 0 Å². The van der Waals surface area contributed by atoms with E-state index < -0.39 is 24.2 Å². The maximum Gasteiger partial charge on any atom is 0.249 e. The number of carbonyl (C=O) groups excluding carboxylic acids is 1. The Bertz CT molecular complexity index is 818. The first-order valence-electron chi connectivity index (χ1n) is 26.5. The van der Waals surface area contributed by atoms with Gasteiger partial charge >= 0.3 is 0 Å². The van der Waals surface area contributed by atoms with Crippen molar-refractivity contribution in [2.45, 2.75) is 315 Å². The molecule has 4 N–H and O–H groups in total. The highest BCUT2D eigenvalue weighted by Crippen LogP contribution is 2.17. The number of nitrogens with one attached hydrogen (secondary N) is 1. The summed E-state index contributed by atoms with van der Waals surface area (Å²) in [6.07, 6.45) is 59.5. The zero-order valence-corrected chi connectivity index (χ0v) is 39.5. The van der Waals surface area contributed by atoms with Gasteiger partial charge in [0.15, 0.2) is 0 Å². The van der Waals surface area contributed by atoms with Crippen LogP contribution in [0.1, 0.15) is 296 Å². The van der Waals surface area contributed by atoms with Gasteiger partial charge in [-0.3, -0.25) is 4.79 Å². The normalized spacial score (nSPS) is 13.4. The zero-order chi connectivity index (χ0) is 42.3. The van der Waals surface area contributed by atoms with E-state index in [9.17, 15) is 20.1 Å². The molecule has 0 aliphatic carbocycles. The maximum atomic E-state index is 12.5. The van der Waals surface area contributed by atoms with Gasteiger partial charge in [-0.05, 0) is 38.5 Å². The molecule has 0 radical (unpaired) electrons. The summed E-state index contributed by atoms with van der Waals surface area (Å²) in [5, 5.41) is 33.5. The van der Waals surface area contributed by atoms with Crippen molar-refractivity contribution in [3.8, 4) is 0 Å². The van der Waals surface area contributed by atoms with Crippen molar-refractivity contribution in [3.63, 3.8) is 0 Å². The smallest absolute Gasteiger partial charge is 0.249 e. The summed E-state index contributed by atoms with van der Waals surface area (Å²) in [5.41, 5.74) is 0. The second-order valence-electron chi connectivity index (χ2n) is 18.4. The van der Waals surface area contributed by atoms with Gasteiger partial charge in [0.2, 0.25) is 5.91 Å². The van der Waals surface area contributed by atoms with Crippen LogP contribution < -0.4 is 5.32 Å². The third-order valence-corrected chi connectivity index (χ3v) is 12.6. The van der Waals surface area contributed by atoms with Crippen LogP contribution in [-0.2, 0) is 4.79 Å². The maximum absolute atomic E-state index is 12.5. The van der Waals surface area contributed by atoms with Crippen LogP contribution in [0.15, 0.2) is 12.2 Å². The predicted molar refractivity (Wildman–Crippen MR) is 255 cm³/mol. The van der Waals surface area contributed by atoms with E-state index in [4.69, 9.17) is 0 Å². The highest BCUT2D eigenvalue weighted by molar-refractivity contribution is 5.80. The Balaban J connectivity index is 3.54. The fourth-order valence-corrected chi connectivity index (χ4v) is 8.48. The molecule has 1 amide bonds. The molecule has 5 nitrogen and oxygen atoms in total. The Morgan fingerprint density at radius 3 is 0.948 bits per heavy atom. The molecule has 0 saturated heterocycles. The number of carbonyl (C=O) groups is 1. The van der Waals surface area contributed by atoms with Crippen LogP contribution in [0.2, 0.25) is 0 Å². The van der Waals surface area contributed by atoms with E-state index in [2.05, 4.69) is 31.3 Å². The molecule has 0 fully saturated rings. The molecule has 0 spiro atoms. The summed E-state index contributed by atoms with van der Waals surface area (Å²) in [6.45, 7) is 4.27. The fraction of sp³-hybridized carbons (Fsp3) is 0.943. The van der Waals surface area contributed by atoms with Gasteiger partial charge in [0, 0.05) is 0 Å². The van der Waals surface area contributed by atoms with Gasteiger partial charge in [0.25, 0.3) is 0 Å². The van der Waals surface area contributed by atoms with Crippen molar-refractivity contribution in [2.75, 3.05) is 6.61 Å². The first kappa shape index (κ1) is 57.1. The van der Waals surface area contributed by atoms with Crippen molar-refractivity contribution in [1.29, 1.82) is 0 Å². The van der Waals surface area contributed by atoms with Gasteiger partial charge in [-0.2, -0.15) is 0 Å². The summed E-state index contributed by atoms with van der Waals surface area (Å²) in [5.74, 6) is -0.467. The summed E-state index contributed by atoms with van der Waals surface area (Å²) >= 11 is 0. The molecule has 0 aliphatic rings. The third kappa shape index (κ3) is 43.2. The molecular formula is C53H105NO4. The third-order valence-electron chi connectivity index (χ3n) is 12.6. The number of hydrogen-bond donors (Lipinski definition) is 4. The lowest BCUT2D eigenvalue weighted by Gasteiger charge is -2.23. The molecule has 0 aromatic carbocycles. The molecule has 0 saturated carbocycles. The quantitative estimate of drug-likeness (QED) is 0.0364. The molecule has 346 valence electrons. The minimum Gasteiger partial charge on any atom is -0.394 e. The van der Waals surface area contributed by atoms with Gasteiger partial charge in [-0.1, -0.05) is 270 Å². The van der Waals surface area contributed by atoms with Gasteiger partial charge in [0.05, 0.1) is 18.8 Å². The lowest BCUT2D eigenvalue weighted by Crippen LogP contribution is -2.49. The van der Waals surface area contributed by atoms with E-state index >= 15 is 0 Å². The van der Waals surface area contributed by atoms with E-state index in [1.807, 2.05) is 0 Å². The Morgan fingerprint density at radius 2 is 0.655 bits per heavy atom. The van der Waals surface area contributed by atoms with Crippen molar-refractivity contribution in [3.05, 3.63) is 12.2 Å². The highest BCUT2D eigenvalue weighted by atomic mass is 16.3. The molecule has 0 bridgehead atoms. The standard InChI is InChI=1S/C53H105NO4/c1-3-5-7-9-11-13-15-17-19-21-23-24-25-26-27-28-30-32-34-36-38-40-42-44-46-48-52(57)53(58)54-50(49-55)51(56)47-45-43-41-39-37-35-33-31-29-22-20-18-16-14-12-10-8-6-4-2/h26-27,50-52,55-57H,3-25,28-49H2,1-2H3,(H,54,58)/b27-26-. The highest BCUT2D eigenvalue weighted by Gasteiger charge is 2.23. The van der Waals surface area contributed by atoms with E-state index in [0.29, 0.717) is 12.8 Å². The zero-order valence-electron chi connectivity index (χ0n) is 39.5. The summed E-state index contributed by atoms with van der Waals surface area (Å²) < 4.78 is 0. The van der Waals surface area contributed by atoms with Crippen LogP contribution in [0.4, 0.5) is 0 Å². The van der Waals surface area contributed by atoms with Gasteiger partial charge in [-0.25, -0.2) is 0 Å². The summed E-state index contributed by atoms with van der Waals surface area (Å²) in [4.78, 5) is 12.5. The minimum absolute atomic E-state index is 0.311. The Labute approximate surface area is 363 Å². The van der Waals surface area contributed by atoms with Crippen LogP contribution in [0, 0.1) is 0 Å². The topological polar surface area (TPSA) is 89.8 Å². The molecule has 0 aliphatic heterocycles. The van der Waals surface area contributed by atoms with Crippen molar-refractivity contribution in [1.82, 2.24) is 5.32 Å². The summed E-state index contributed by atoms with van der Waals surface area (Å²) in [7, 11) is 0. The van der Waals surface area contributed by atoms with Crippen molar-refractivity contribution in [2.24, 2.45) is 0 Å². The van der Waals surface area contributed by atoms with E-state index in [1.54, 1.807) is 0 Å². The van der Waals surface area contributed by atoms with Crippen molar-refractivity contribution < 1.29 is 20.1 Å². The second-order valence-corrected chi connectivity index (χ2v) is 18.4. The SMILES string of the molecule is CCCCCCCCCCCCCC/C=C\CCCCCCCCCCCC(O)C(=O)NC(CO)C(O)CCCCCCCCCCCCCCCCCCCCC. The molecular weight excluding hydrogens is 715 g/mol. The predicted octanol–water partition coefficient (Wildman–Crippen LogP) is 15.9. The summed E-state index contributed by atoms with van der Waals surface area (Å²) in [6, 6.07) is -0.710. The monoisotopic (exact) mass is 820 g/mol. The number of amides is 1. The Hall–Kier alpha value is -0.910.